The Balaban J connectivity index is 1.94. The van der Waals surface area contributed by atoms with Crippen LogP contribution >= 0.6 is 23.2 Å². The molecule has 6 nitrogen and oxygen atoms in total. The zero-order valence-corrected chi connectivity index (χ0v) is 16.8. The van der Waals surface area contributed by atoms with Crippen LogP contribution in [0.4, 0.5) is 10.2 Å². The van der Waals surface area contributed by atoms with Crippen molar-refractivity contribution in [2.45, 2.75) is 25.4 Å². The molecule has 2 heterocycles. The summed E-state index contributed by atoms with van der Waals surface area (Å²) in [6.45, 7) is 1.77. The molecule has 1 aliphatic carbocycles. The van der Waals surface area contributed by atoms with Gasteiger partial charge < -0.3 is 10.2 Å². The Morgan fingerprint density at radius 2 is 2.14 bits per heavy atom. The average molecular weight is 433 g/mol. The topological polar surface area (TPSA) is 94.4 Å². The molecule has 0 bridgehead atoms. The second-order valence-corrected chi connectivity index (χ2v) is 7.64. The van der Waals surface area contributed by atoms with Crippen LogP contribution in [0.25, 0.3) is 10.9 Å². The first-order chi connectivity index (χ1) is 13.8. The van der Waals surface area contributed by atoms with Crippen LogP contribution in [-0.4, -0.2) is 21.3 Å². The van der Waals surface area contributed by atoms with E-state index in [1.807, 2.05) is 0 Å². The van der Waals surface area contributed by atoms with Crippen LogP contribution in [0.5, 0.6) is 0 Å². The fourth-order valence-corrected chi connectivity index (χ4v) is 3.24. The highest BCUT2D eigenvalue weighted by Gasteiger charge is 2.46. The van der Waals surface area contributed by atoms with Gasteiger partial charge in [0.05, 0.1) is 15.9 Å². The van der Waals surface area contributed by atoms with Gasteiger partial charge in [-0.05, 0) is 55.7 Å². The highest BCUT2D eigenvalue weighted by atomic mass is 35.5. The van der Waals surface area contributed by atoms with Crippen LogP contribution in [0.15, 0.2) is 56.4 Å². The van der Waals surface area contributed by atoms with Crippen molar-refractivity contribution in [1.29, 1.82) is 0 Å². The third kappa shape index (κ3) is 3.88. The highest BCUT2D eigenvalue weighted by Crippen LogP contribution is 2.44. The molecule has 1 aromatic carbocycles. The molecule has 3 aromatic rings. The molecule has 0 saturated heterocycles. The van der Waals surface area contributed by atoms with Gasteiger partial charge in [0.2, 0.25) is 5.89 Å². The average Bonchev–Trinajstić information content (AvgIpc) is 3.42. The molecule has 2 N–H and O–H groups in total. The van der Waals surface area contributed by atoms with Gasteiger partial charge in [0.1, 0.15) is 11.4 Å². The summed E-state index contributed by atoms with van der Waals surface area (Å²) in [5.41, 5.74) is 4.78. The predicted molar refractivity (Wildman–Crippen MR) is 111 cm³/mol. The lowest BCUT2D eigenvalue weighted by molar-refractivity contribution is 0.358. The first-order valence-corrected chi connectivity index (χ1v) is 9.49. The van der Waals surface area contributed by atoms with Gasteiger partial charge in [-0.15, -0.1) is 0 Å². The van der Waals surface area contributed by atoms with Crippen molar-refractivity contribution < 1.29 is 8.81 Å². The summed E-state index contributed by atoms with van der Waals surface area (Å²) < 4.78 is 19.8. The van der Waals surface area contributed by atoms with E-state index in [1.54, 1.807) is 25.1 Å². The number of hydrogen-bond acceptors (Lipinski definition) is 6. The first-order valence-electron chi connectivity index (χ1n) is 8.74. The summed E-state index contributed by atoms with van der Waals surface area (Å²) in [4.78, 5) is 25.4. The molecular weight excluding hydrogens is 418 g/mol. The summed E-state index contributed by atoms with van der Waals surface area (Å²) >= 11 is 12.2. The van der Waals surface area contributed by atoms with E-state index < -0.39 is 11.3 Å². The molecule has 1 saturated carbocycles. The Bertz CT molecular complexity index is 1250. The summed E-state index contributed by atoms with van der Waals surface area (Å²) in [5.74, 6) is 0.0381. The number of pyridine rings is 1. The molecule has 0 unspecified atom stereocenters. The first kappa shape index (κ1) is 19.5. The molecule has 2 aromatic heterocycles. The van der Waals surface area contributed by atoms with Crippen molar-refractivity contribution in [2.75, 3.05) is 0 Å². The molecule has 0 spiro atoms. The van der Waals surface area contributed by atoms with Crippen LogP contribution in [-0.2, 0) is 0 Å². The fraction of sp³-hybridized carbons (Fsp3) is 0.200. The number of alkyl halides is 1. The molecule has 0 radical (unpaired) electrons. The molecule has 1 aliphatic rings. The SMILES string of the molecule is Cc1cc(Cl)cc2c(=O)oc(C(/C=C(\N)C3(F)CC3)=N\c3ncccc3Cl)nc12. The van der Waals surface area contributed by atoms with E-state index in [1.165, 1.54) is 18.3 Å². The van der Waals surface area contributed by atoms with E-state index in [0.717, 1.165) is 0 Å². The zero-order chi connectivity index (χ0) is 20.8. The zero-order valence-electron chi connectivity index (χ0n) is 15.2. The van der Waals surface area contributed by atoms with E-state index in [2.05, 4.69) is 15.0 Å². The number of benzene rings is 1. The van der Waals surface area contributed by atoms with Crippen molar-refractivity contribution in [2.24, 2.45) is 10.7 Å². The van der Waals surface area contributed by atoms with E-state index >= 15 is 0 Å². The van der Waals surface area contributed by atoms with Gasteiger partial charge in [-0.25, -0.2) is 24.1 Å². The maximum Gasteiger partial charge on any atom is 0.347 e. The monoisotopic (exact) mass is 432 g/mol. The Kier molecular flexibility index (Phi) is 4.88. The number of rotatable bonds is 4. The number of allylic oxidation sites excluding steroid dienone is 2. The second kappa shape index (κ2) is 7.24. The minimum absolute atomic E-state index is 0.0272. The number of nitrogens with two attached hydrogens (primary N) is 1. The van der Waals surface area contributed by atoms with Crippen LogP contribution in [0, 0.1) is 6.92 Å². The molecule has 29 heavy (non-hydrogen) atoms. The van der Waals surface area contributed by atoms with Gasteiger partial charge in [0, 0.05) is 16.9 Å². The number of aliphatic imine (C=N–C) groups is 1. The van der Waals surface area contributed by atoms with Gasteiger partial charge in [-0.3, -0.25) is 0 Å². The van der Waals surface area contributed by atoms with Crippen molar-refractivity contribution in [3.8, 4) is 0 Å². The van der Waals surface area contributed by atoms with Gasteiger partial charge >= 0.3 is 5.63 Å². The lowest BCUT2D eigenvalue weighted by Gasteiger charge is -2.08. The molecular formula is C20H15Cl2FN4O2. The van der Waals surface area contributed by atoms with Crippen LogP contribution in [0.2, 0.25) is 10.0 Å². The summed E-state index contributed by atoms with van der Waals surface area (Å²) in [6, 6.07) is 6.40. The van der Waals surface area contributed by atoms with Crippen LogP contribution in [0.3, 0.4) is 0 Å². The quantitative estimate of drug-likeness (QED) is 0.604. The van der Waals surface area contributed by atoms with Gasteiger partial charge in [-0.1, -0.05) is 23.2 Å². The summed E-state index contributed by atoms with van der Waals surface area (Å²) in [6.07, 6.45) is 3.45. The predicted octanol–water partition coefficient (Wildman–Crippen LogP) is 4.66. The van der Waals surface area contributed by atoms with Gasteiger partial charge in [0.15, 0.2) is 5.82 Å². The number of halogens is 3. The Morgan fingerprint density at radius 3 is 2.83 bits per heavy atom. The Morgan fingerprint density at radius 1 is 1.38 bits per heavy atom. The summed E-state index contributed by atoms with van der Waals surface area (Å²) in [5, 5.41) is 0.891. The number of aromatic nitrogens is 2. The lowest BCUT2D eigenvalue weighted by Crippen LogP contribution is -2.17. The lowest BCUT2D eigenvalue weighted by atomic mass is 10.1. The molecule has 0 amide bonds. The number of aryl methyl sites for hydroxylation is 1. The van der Waals surface area contributed by atoms with Gasteiger partial charge in [-0.2, -0.15) is 0 Å². The maximum atomic E-state index is 14.4. The van der Waals surface area contributed by atoms with Crippen LogP contribution in [0.1, 0.15) is 24.3 Å². The Hall–Kier alpha value is -2.77. The largest absolute Gasteiger partial charge is 0.401 e. The highest BCUT2D eigenvalue weighted by molar-refractivity contribution is 6.33. The van der Waals surface area contributed by atoms with E-state index in [4.69, 9.17) is 33.4 Å². The van der Waals surface area contributed by atoms with Crippen molar-refractivity contribution in [3.05, 3.63) is 74.2 Å². The van der Waals surface area contributed by atoms with E-state index in [-0.39, 0.29) is 33.5 Å². The van der Waals surface area contributed by atoms with E-state index in [9.17, 15) is 9.18 Å². The smallest absolute Gasteiger partial charge is 0.347 e. The summed E-state index contributed by atoms with van der Waals surface area (Å²) in [7, 11) is 0. The van der Waals surface area contributed by atoms with Crippen LogP contribution < -0.4 is 11.4 Å². The van der Waals surface area contributed by atoms with Crippen molar-refractivity contribution in [3.63, 3.8) is 0 Å². The molecule has 1 fully saturated rings. The van der Waals surface area contributed by atoms with Gasteiger partial charge in [0.25, 0.3) is 0 Å². The standard InChI is InChI=1S/C20H15Cl2FN4O2/c1-10-7-11(21)8-12-16(10)27-18(29-19(12)28)14(9-15(24)20(23)4-5-20)26-17-13(22)3-2-6-25-17/h2-3,6-9H,4-5,24H2,1H3/b15-9-,26-14-. The van der Waals surface area contributed by atoms with E-state index in [0.29, 0.717) is 28.9 Å². The fourth-order valence-electron chi connectivity index (χ4n) is 2.81. The molecule has 0 aliphatic heterocycles. The molecule has 0 atom stereocenters. The number of hydrogen-bond donors (Lipinski definition) is 1. The molecule has 148 valence electrons. The number of fused-ring (bicyclic) bond motifs is 1. The van der Waals surface area contributed by atoms with Crippen molar-refractivity contribution >= 4 is 45.6 Å². The Labute approximate surface area is 174 Å². The minimum atomic E-state index is -1.59. The normalized spacial score (nSPS) is 16.3. The maximum absolute atomic E-state index is 14.4. The molecule has 4 rings (SSSR count). The third-order valence-corrected chi connectivity index (χ3v) is 5.08. The second-order valence-electron chi connectivity index (χ2n) is 6.80. The minimum Gasteiger partial charge on any atom is -0.401 e. The molecule has 9 heteroatoms. The third-order valence-electron chi connectivity index (χ3n) is 4.57. The number of nitrogens with zero attached hydrogens (tertiary/aromatic N) is 3. The van der Waals surface area contributed by atoms with Crippen molar-refractivity contribution in [1.82, 2.24) is 9.97 Å².